The van der Waals surface area contributed by atoms with E-state index in [2.05, 4.69) is 5.32 Å². The van der Waals surface area contributed by atoms with Crippen LogP contribution in [0.5, 0.6) is 0 Å². The van der Waals surface area contributed by atoms with E-state index in [1.807, 2.05) is 31.4 Å². The zero-order valence-corrected chi connectivity index (χ0v) is 11.3. The highest BCUT2D eigenvalue weighted by Crippen LogP contribution is 2.16. The molecule has 0 aliphatic heterocycles. The van der Waals surface area contributed by atoms with Gasteiger partial charge in [0.2, 0.25) is 5.91 Å². The van der Waals surface area contributed by atoms with Gasteiger partial charge in [-0.3, -0.25) is 4.79 Å². The number of hydrogen-bond acceptors (Lipinski definition) is 3. The van der Waals surface area contributed by atoms with Crippen molar-refractivity contribution in [1.29, 1.82) is 0 Å². The van der Waals surface area contributed by atoms with Gasteiger partial charge in [-0.15, -0.1) is 11.3 Å². The van der Waals surface area contributed by atoms with Crippen LogP contribution in [0, 0.1) is 6.92 Å². The average molecular weight is 253 g/mol. The molecule has 17 heavy (non-hydrogen) atoms. The summed E-state index contributed by atoms with van der Waals surface area (Å²) >= 11 is 1.61. The molecular formula is C13H19NO2S. The Hall–Kier alpha value is -1.13. The molecule has 0 saturated carbocycles. The first kappa shape index (κ1) is 13.9. The SMILES string of the molecule is Cc1ccsc1/C=C/C(=O)NC(C)CC(C)O. The van der Waals surface area contributed by atoms with Crippen LogP contribution in [0.2, 0.25) is 0 Å². The lowest BCUT2D eigenvalue weighted by Crippen LogP contribution is -2.33. The Balaban J connectivity index is 2.45. The van der Waals surface area contributed by atoms with Gasteiger partial charge in [-0.1, -0.05) is 0 Å². The Morgan fingerprint density at radius 1 is 1.59 bits per heavy atom. The highest BCUT2D eigenvalue weighted by Gasteiger charge is 2.07. The Labute approximate surface area is 106 Å². The van der Waals surface area contributed by atoms with E-state index in [1.165, 1.54) is 11.6 Å². The summed E-state index contributed by atoms with van der Waals surface area (Å²) in [7, 11) is 0. The normalized spacial score (nSPS) is 14.8. The first-order valence-electron chi connectivity index (χ1n) is 5.69. The molecule has 1 aromatic heterocycles. The van der Waals surface area contributed by atoms with Gasteiger partial charge in [-0.2, -0.15) is 0 Å². The summed E-state index contributed by atoms with van der Waals surface area (Å²) in [6.45, 7) is 5.62. The van der Waals surface area contributed by atoms with E-state index < -0.39 is 6.10 Å². The third-order valence-electron chi connectivity index (χ3n) is 2.37. The van der Waals surface area contributed by atoms with Crippen molar-refractivity contribution >= 4 is 23.3 Å². The van der Waals surface area contributed by atoms with Crippen molar-refractivity contribution in [2.24, 2.45) is 0 Å². The van der Waals surface area contributed by atoms with Gasteiger partial charge in [0.25, 0.3) is 0 Å². The number of thiophene rings is 1. The van der Waals surface area contributed by atoms with Crippen LogP contribution in [-0.4, -0.2) is 23.2 Å². The van der Waals surface area contributed by atoms with Crippen molar-refractivity contribution in [3.05, 3.63) is 28.0 Å². The lowest BCUT2D eigenvalue weighted by atomic mass is 10.1. The largest absolute Gasteiger partial charge is 0.393 e. The molecule has 0 fully saturated rings. The third-order valence-corrected chi connectivity index (χ3v) is 3.36. The lowest BCUT2D eigenvalue weighted by Gasteiger charge is -2.13. The van der Waals surface area contributed by atoms with Gasteiger partial charge in [0.15, 0.2) is 0 Å². The molecule has 0 aliphatic rings. The summed E-state index contributed by atoms with van der Waals surface area (Å²) in [5.74, 6) is -0.119. The Morgan fingerprint density at radius 3 is 2.82 bits per heavy atom. The van der Waals surface area contributed by atoms with Gasteiger partial charge in [0, 0.05) is 17.0 Å². The van der Waals surface area contributed by atoms with Gasteiger partial charge in [-0.05, 0) is 50.3 Å². The number of hydrogen-bond donors (Lipinski definition) is 2. The van der Waals surface area contributed by atoms with Crippen molar-refractivity contribution in [1.82, 2.24) is 5.32 Å². The molecule has 3 nitrogen and oxygen atoms in total. The molecule has 0 saturated heterocycles. The summed E-state index contributed by atoms with van der Waals surface area (Å²) in [6, 6.07) is 2.01. The Bertz CT molecular complexity index is 396. The van der Waals surface area contributed by atoms with Crippen LogP contribution in [0.1, 0.15) is 30.7 Å². The predicted octanol–water partition coefficient (Wildman–Crippen LogP) is 2.35. The average Bonchev–Trinajstić information content (AvgIpc) is 2.59. The predicted molar refractivity (Wildman–Crippen MR) is 72.0 cm³/mol. The summed E-state index contributed by atoms with van der Waals surface area (Å²) < 4.78 is 0. The smallest absolute Gasteiger partial charge is 0.244 e. The van der Waals surface area contributed by atoms with Crippen LogP contribution >= 0.6 is 11.3 Å². The van der Waals surface area contributed by atoms with E-state index in [1.54, 1.807) is 18.3 Å². The quantitative estimate of drug-likeness (QED) is 0.791. The minimum Gasteiger partial charge on any atom is -0.393 e. The second kappa shape index (κ2) is 6.57. The third kappa shape index (κ3) is 5.15. The molecule has 4 heteroatoms. The molecule has 1 heterocycles. The molecule has 1 rings (SSSR count). The molecule has 0 aromatic carbocycles. The van der Waals surface area contributed by atoms with Gasteiger partial charge >= 0.3 is 0 Å². The monoisotopic (exact) mass is 253 g/mol. The molecule has 2 unspecified atom stereocenters. The number of aliphatic hydroxyl groups excluding tert-OH is 1. The standard InChI is InChI=1S/C13H19NO2S/c1-9-6-7-17-12(9)4-5-13(16)14-10(2)8-11(3)15/h4-7,10-11,15H,8H2,1-3H3,(H,14,16)/b5-4+. The van der Waals surface area contributed by atoms with Crippen molar-refractivity contribution in [2.75, 3.05) is 0 Å². The molecule has 0 radical (unpaired) electrons. The molecule has 1 amide bonds. The second-order valence-corrected chi connectivity index (χ2v) is 5.24. The number of amides is 1. The highest BCUT2D eigenvalue weighted by atomic mass is 32.1. The van der Waals surface area contributed by atoms with Crippen LogP contribution in [0.4, 0.5) is 0 Å². The van der Waals surface area contributed by atoms with Gasteiger partial charge in [-0.25, -0.2) is 0 Å². The zero-order chi connectivity index (χ0) is 12.8. The number of nitrogens with one attached hydrogen (secondary N) is 1. The molecule has 0 aliphatic carbocycles. The molecular weight excluding hydrogens is 234 g/mol. The highest BCUT2D eigenvalue weighted by molar-refractivity contribution is 7.11. The number of aliphatic hydroxyl groups is 1. The van der Waals surface area contributed by atoms with E-state index in [9.17, 15) is 9.90 Å². The van der Waals surface area contributed by atoms with Crippen LogP contribution < -0.4 is 5.32 Å². The summed E-state index contributed by atoms with van der Waals surface area (Å²) in [6.07, 6.45) is 3.54. The minimum absolute atomic E-state index is 0.0171. The summed E-state index contributed by atoms with van der Waals surface area (Å²) in [5.41, 5.74) is 1.18. The van der Waals surface area contributed by atoms with Crippen LogP contribution in [0.3, 0.4) is 0 Å². The molecule has 0 bridgehead atoms. The molecule has 1 aromatic rings. The van der Waals surface area contributed by atoms with Gasteiger partial charge in [0.1, 0.15) is 0 Å². The van der Waals surface area contributed by atoms with E-state index in [0.29, 0.717) is 6.42 Å². The van der Waals surface area contributed by atoms with Gasteiger partial charge in [0.05, 0.1) is 6.10 Å². The number of rotatable bonds is 5. The topological polar surface area (TPSA) is 49.3 Å². The van der Waals surface area contributed by atoms with Crippen molar-refractivity contribution in [3.8, 4) is 0 Å². The molecule has 94 valence electrons. The van der Waals surface area contributed by atoms with Crippen molar-refractivity contribution in [2.45, 2.75) is 39.3 Å². The van der Waals surface area contributed by atoms with Crippen LogP contribution in [0.25, 0.3) is 6.08 Å². The first-order valence-corrected chi connectivity index (χ1v) is 6.57. The fourth-order valence-electron chi connectivity index (χ4n) is 1.57. The Kier molecular flexibility index (Phi) is 5.38. The minimum atomic E-state index is -0.395. The molecule has 2 N–H and O–H groups in total. The van der Waals surface area contributed by atoms with E-state index in [4.69, 9.17) is 0 Å². The first-order chi connectivity index (χ1) is 7.99. The Morgan fingerprint density at radius 2 is 2.29 bits per heavy atom. The van der Waals surface area contributed by atoms with E-state index >= 15 is 0 Å². The van der Waals surface area contributed by atoms with Crippen LogP contribution in [-0.2, 0) is 4.79 Å². The zero-order valence-electron chi connectivity index (χ0n) is 10.4. The summed E-state index contributed by atoms with van der Waals surface area (Å²) in [5, 5.41) is 14.0. The van der Waals surface area contributed by atoms with Gasteiger partial charge < -0.3 is 10.4 Å². The second-order valence-electron chi connectivity index (χ2n) is 4.30. The fraction of sp³-hybridized carbons (Fsp3) is 0.462. The molecule has 2 atom stereocenters. The van der Waals surface area contributed by atoms with E-state index in [-0.39, 0.29) is 11.9 Å². The maximum atomic E-state index is 11.6. The van der Waals surface area contributed by atoms with Crippen LogP contribution in [0.15, 0.2) is 17.5 Å². The molecule has 0 spiro atoms. The van der Waals surface area contributed by atoms with Crippen molar-refractivity contribution in [3.63, 3.8) is 0 Å². The summed E-state index contributed by atoms with van der Waals surface area (Å²) in [4.78, 5) is 12.7. The van der Waals surface area contributed by atoms with Crippen molar-refractivity contribution < 1.29 is 9.90 Å². The maximum Gasteiger partial charge on any atom is 0.244 e. The maximum absolute atomic E-state index is 11.6. The van der Waals surface area contributed by atoms with E-state index in [0.717, 1.165) is 4.88 Å². The lowest BCUT2D eigenvalue weighted by molar-refractivity contribution is -0.117. The number of carbonyl (C=O) groups excluding carboxylic acids is 1. The number of aryl methyl sites for hydroxylation is 1. The number of carbonyl (C=O) groups is 1. The fourth-order valence-corrected chi connectivity index (χ4v) is 2.39.